The van der Waals surface area contributed by atoms with Gasteiger partial charge in [-0.25, -0.2) is 0 Å². The first-order valence-electron chi connectivity index (χ1n) is 6.69. The molecule has 0 aromatic heterocycles. The molecule has 96 valence electrons. The summed E-state index contributed by atoms with van der Waals surface area (Å²) in [6.45, 7) is 10.1. The number of rotatable bonds is 9. The van der Waals surface area contributed by atoms with Gasteiger partial charge in [-0.2, -0.15) is 0 Å². The Balaban J connectivity index is 1.80. The lowest BCUT2D eigenvalue weighted by Gasteiger charge is -2.12. The fourth-order valence-electron chi connectivity index (χ4n) is 2.05. The second kappa shape index (κ2) is 8.97. The molecule has 0 saturated carbocycles. The van der Waals surface area contributed by atoms with Gasteiger partial charge in [0.2, 0.25) is 0 Å². The van der Waals surface area contributed by atoms with Crippen LogP contribution in [-0.4, -0.2) is 39.5 Å². The Labute approximate surface area is 99.9 Å². The zero-order chi connectivity index (χ0) is 11.6. The lowest BCUT2D eigenvalue weighted by Crippen LogP contribution is -2.26. The van der Waals surface area contributed by atoms with Gasteiger partial charge in [-0.1, -0.05) is 20.3 Å². The highest BCUT2D eigenvalue weighted by Crippen LogP contribution is 2.11. The summed E-state index contributed by atoms with van der Waals surface area (Å²) < 4.78 is 10.9. The summed E-state index contributed by atoms with van der Waals surface area (Å²) in [6, 6.07) is 0. The highest BCUT2D eigenvalue weighted by molar-refractivity contribution is 4.63. The Morgan fingerprint density at radius 3 is 3.06 bits per heavy atom. The summed E-state index contributed by atoms with van der Waals surface area (Å²) in [6.07, 6.45) is 3.76. The first kappa shape index (κ1) is 13.9. The maximum absolute atomic E-state index is 5.62. The SMILES string of the molecule is CCCC(C)CNCCOCC1CCOC1. The smallest absolute Gasteiger partial charge is 0.0591 e. The van der Waals surface area contributed by atoms with Crippen molar-refractivity contribution in [3.05, 3.63) is 0 Å². The van der Waals surface area contributed by atoms with Crippen molar-refractivity contribution in [2.45, 2.75) is 33.1 Å². The van der Waals surface area contributed by atoms with Crippen molar-refractivity contribution in [3.8, 4) is 0 Å². The molecule has 1 rings (SSSR count). The van der Waals surface area contributed by atoms with Crippen molar-refractivity contribution in [1.29, 1.82) is 0 Å². The van der Waals surface area contributed by atoms with Crippen LogP contribution >= 0.6 is 0 Å². The Hall–Kier alpha value is -0.120. The second-order valence-electron chi connectivity index (χ2n) is 4.90. The normalized spacial score (nSPS) is 22.5. The van der Waals surface area contributed by atoms with Gasteiger partial charge in [-0.15, -0.1) is 0 Å². The summed E-state index contributed by atoms with van der Waals surface area (Å²) in [7, 11) is 0. The van der Waals surface area contributed by atoms with Crippen LogP contribution in [0.1, 0.15) is 33.1 Å². The minimum absolute atomic E-state index is 0.638. The van der Waals surface area contributed by atoms with Crippen LogP contribution in [0.25, 0.3) is 0 Å². The molecule has 0 aliphatic carbocycles. The van der Waals surface area contributed by atoms with Crippen LogP contribution in [0.15, 0.2) is 0 Å². The van der Waals surface area contributed by atoms with Crippen LogP contribution in [0.5, 0.6) is 0 Å². The maximum atomic E-state index is 5.62. The molecule has 1 aliphatic heterocycles. The van der Waals surface area contributed by atoms with Crippen molar-refractivity contribution in [2.75, 3.05) is 39.5 Å². The number of nitrogens with one attached hydrogen (secondary N) is 1. The third-order valence-electron chi connectivity index (χ3n) is 3.07. The molecular weight excluding hydrogens is 202 g/mol. The minimum Gasteiger partial charge on any atom is -0.381 e. The summed E-state index contributed by atoms with van der Waals surface area (Å²) in [5.41, 5.74) is 0. The molecule has 0 amide bonds. The van der Waals surface area contributed by atoms with E-state index in [1.54, 1.807) is 0 Å². The Kier molecular flexibility index (Phi) is 7.81. The van der Waals surface area contributed by atoms with Crippen LogP contribution in [0.4, 0.5) is 0 Å². The molecule has 16 heavy (non-hydrogen) atoms. The van der Waals surface area contributed by atoms with Crippen LogP contribution < -0.4 is 5.32 Å². The molecule has 3 heteroatoms. The van der Waals surface area contributed by atoms with E-state index in [1.165, 1.54) is 19.3 Å². The van der Waals surface area contributed by atoms with Gasteiger partial charge >= 0.3 is 0 Å². The number of hydrogen-bond donors (Lipinski definition) is 1. The summed E-state index contributed by atoms with van der Waals surface area (Å²) >= 11 is 0. The molecule has 0 spiro atoms. The van der Waals surface area contributed by atoms with Gasteiger partial charge in [0.1, 0.15) is 0 Å². The van der Waals surface area contributed by atoms with E-state index >= 15 is 0 Å². The molecule has 1 aliphatic rings. The minimum atomic E-state index is 0.638. The largest absolute Gasteiger partial charge is 0.381 e. The lowest BCUT2D eigenvalue weighted by molar-refractivity contribution is 0.0910. The molecule has 0 bridgehead atoms. The van der Waals surface area contributed by atoms with Crippen LogP contribution in [0, 0.1) is 11.8 Å². The van der Waals surface area contributed by atoms with E-state index in [0.29, 0.717) is 5.92 Å². The monoisotopic (exact) mass is 229 g/mol. The van der Waals surface area contributed by atoms with E-state index in [1.807, 2.05) is 0 Å². The number of hydrogen-bond acceptors (Lipinski definition) is 3. The summed E-state index contributed by atoms with van der Waals surface area (Å²) in [4.78, 5) is 0. The summed E-state index contributed by atoms with van der Waals surface area (Å²) in [5.74, 6) is 1.42. The molecule has 1 fully saturated rings. The molecule has 0 radical (unpaired) electrons. The molecule has 2 atom stereocenters. The van der Waals surface area contributed by atoms with E-state index in [4.69, 9.17) is 9.47 Å². The average molecular weight is 229 g/mol. The Morgan fingerprint density at radius 1 is 1.50 bits per heavy atom. The predicted molar refractivity (Wildman–Crippen MR) is 66.7 cm³/mol. The standard InChI is InChI=1S/C13H27NO2/c1-3-4-12(2)9-14-6-8-16-11-13-5-7-15-10-13/h12-14H,3-11H2,1-2H3. The van der Waals surface area contributed by atoms with E-state index < -0.39 is 0 Å². The Morgan fingerprint density at radius 2 is 2.38 bits per heavy atom. The van der Waals surface area contributed by atoms with Gasteiger partial charge in [0.25, 0.3) is 0 Å². The van der Waals surface area contributed by atoms with Crippen LogP contribution in [-0.2, 0) is 9.47 Å². The molecular formula is C13H27NO2. The van der Waals surface area contributed by atoms with Gasteiger partial charge < -0.3 is 14.8 Å². The van der Waals surface area contributed by atoms with Crippen molar-refractivity contribution in [2.24, 2.45) is 11.8 Å². The fraction of sp³-hybridized carbons (Fsp3) is 1.00. The zero-order valence-electron chi connectivity index (χ0n) is 10.8. The highest BCUT2D eigenvalue weighted by Gasteiger charge is 2.15. The molecule has 2 unspecified atom stereocenters. The van der Waals surface area contributed by atoms with Crippen LogP contribution in [0.3, 0.4) is 0 Å². The van der Waals surface area contributed by atoms with Gasteiger partial charge in [-0.05, 0) is 25.3 Å². The maximum Gasteiger partial charge on any atom is 0.0591 e. The zero-order valence-corrected chi connectivity index (χ0v) is 10.8. The highest BCUT2D eigenvalue weighted by atomic mass is 16.5. The molecule has 1 N–H and O–H groups in total. The van der Waals surface area contributed by atoms with E-state index in [-0.39, 0.29) is 0 Å². The summed E-state index contributed by atoms with van der Waals surface area (Å²) in [5, 5.41) is 3.44. The molecule has 1 heterocycles. The van der Waals surface area contributed by atoms with E-state index in [0.717, 1.165) is 45.4 Å². The third kappa shape index (κ3) is 6.46. The third-order valence-corrected chi connectivity index (χ3v) is 3.07. The number of ether oxygens (including phenoxy) is 2. The van der Waals surface area contributed by atoms with E-state index in [9.17, 15) is 0 Å². The van der Waals surface area contributed by atoms with Gasteiger partial charge in [0, 0.05) is 19.1 Å². The van der Waals surface area contributed by atoms with Crippen LogP contribution in [0.2, 0.25) is 0 Å². The van der Waals surface area contributed by atoms with Gasteiger partial charge in [0.15, 0.2) is 0 Å². The molecule has 3 nitrogen and oxygen atoms in total. The quantitative estimate of drug-likeness (QED) is 0.614. The second-order valence-corrected chi connectivity index (χ2v) is 4.90. The van der Waals surface area contributed by atoms with Crippen molar-refractivity contribution >= 4 is 0 Å². The fourth-order valence-corrected chi connectivity index (χ4v) is 2.05. The molecule has 0 aromatic carbocycles. The topological polar surface area (TPSA) is 30.5 Å². The van der Waals surface area contributed by atoms with Gasteiger partial charge in [-0.3, -0.25) is 0 Å². The van der Waals surface area contributed by atoms with Gasteiger partial charge in [0.05, 0.1) is 19.8 Å². The van der Waals surface area contributed by atoms with Crippen molar-refractivity contribution in [3.63, 3.8) is 0 Å². The first-order chi connectivity index (χ1) is 7.83. The lowest BCUT2D eigenvalue weighted by atomic mass is 10.1. The van der Waals surface area contributed by atoms with E-state index in [2.05, 4.69) is 19.2 Å². The molecule has 0 aromatic rings. The van der Waals surface area contributed by atoms with Crippen molar-refractivity contribution < 1.29 is 9.47 Å². The molecule has 1 saturated heterocycles. The van der Waals surface area contributed by atoms with Crippen molar-refractivity contribution in [1.82, 2.24) is 5.32 Å². The predicted octanol–water partition coefficient (Wildman–Crippen LogP) is 2.07. The average Bonchev–Trinajstić information content (AvgIpc) is 2.76. The Bertz CT molecular complexity index is 158. The first-order valence-corrected chi connectivity index (χ1v) is 6.69.